The van der Waals surface area contributed by atoms with Gasteiger partial charge in [0.1, 0.15) is 16.7 Å². The maximum absolute atomic E-state index is 12.5. The molecule has 118 valence electrons. The molecule has 1 aliphatic carbocycles. The number of hydrogen-bond donors (Lipinski definition) is 0. The predicted octanol–water partition coefficient (Wildman–Crippen LogP) is 2.78. The van der Waals surface area contributed by atoms with Crippen LogP contribution in [0.2, 0.25) is 0 Å². The van der Waals surface area contributed by atoms with Crippen LogP contribution < -0.4 is 0 Å². The normalized spacial score (nSPS) is 16.6. The quantitative estimate of drug-likeness (QED) is 0.610. The standard InChI is InChI=1S/C12H14ClF2NO4S/c13-21(18,19)9-5-10(16(6-9)7-11(14)15)12(17)20-8-3-1-2-4-8/h5-6,8,11H,1-4,7H2. The van der Waals surface area contributed by atoms with Crippen molar-refractivity contribution in [3.63, 3.8) is 0 Å². The van der Waals surface area contributed by atoms with Gasteiger partial charge < -0.3 is 9.30 Å². The predicted molar refractivity (Wildman–Crippen MR) is 71.1 cm³/mol. The van der Waals surface area contributed by atoms with E-state index in [1.165, 1.54) is 0 Å². The highest BCUT2D eigenvalue weighted by atomic mass is 35.7. The maximum Gasteiger partial charge on any atom is 0.355 e. The SMILES string of the molecule is O=C(OC1CCCC1)c1cc(S(=O)(=O)Cl)cn1CC(F)F. The Bertz CT molecular complexity index is 623. The summed E-state index contributed by atoms with van der Waals surface area (Å²) in [4.78, 5) is 11.6. The van der Waals surface area contributed by atoms with Gasteiger partial charge in [0.05, 0.1) is 6.54 Å². The maximum atomic E-state index is 12.5. The van der Waals surface area contributed by atoms with Crippen LogP contribution in [0.15, 0.2) is 17.2 Å². The van der Waals surface area contributed by atoms with Crippen molar-refractivity contribution in [3.8, 4) is 0 Å². The number of hydrogen-bond acceptors (Lipinski definition) is 4. The number of aromatic nitrogens is 1. The number of carbonyl (C=O) groups excluding carboxylic acids is 1. The number of nitrogens with zero attached hydrogens (tertiary/aromatic N) is 1. The van der Waals surface area contributed by atoms with E-state index < -0.39 is 32.9 Å². The number of halogens is 3. The molecular weight excluding hydrogens is 328 g/mol. The molecular formula is C12H14ClF2NO4S. The lowest BCUT2D eigenvalue weighted by Crippen LogP contribution is -2.19. The molecule has 1 saturated carbocycles. The van der Waals surface area contributed by atoms with E-state index >= 15 is 0 Å². The van der Waals surface area contributed by atoms with E-state index in [2.05, 4.69) is 0 Å². The lowest BCUT2D eigenvalue weighted by atomic mass is 10.3. The lowest BCUT2D eigenvalue weighted by Gasteiger charge is -2.12. The van der Waals surface area contributed by atoms with E-state index in [1.807, 2.05) is 0 Å². The first-order valence-corrected chi connectivity index (χ1v) is 8.72. The summed E-state index contributed by atoms with van der Waals surface area (Å²) in [5.41, 5.74) is -0.235. The summed E-state index contributed by atoms with van der Waals surface area (Å²) < 4.78 is 53.6. The molecule has 0 spiro atoms. The van der Waals surface area contributed by atoms with Crippen molar-refractivity contribution < 1.29 is 26.7 Å². The third-order valence-corrected chi connectivity index (χ3v) is 4.59. The molecule has 1 aromatic heterocycles. The van der Waals surface area contributed by atoms with Gasteiger partial charge in [-0.05, 0) is 31.7 Å². The fourth-order valence-electron chi connectivity index (χ4n) is 2.31. The van der Waals surface area contributed by atoms with Gasteiger partial charge in [-0.3, -0.25) is 0 Å². The van der Waals surface area contributed by atoms with E-state index in [0.717, 1.165) is 42.5 Å². The molecule has 0 bridgehead atoms. The van der Waals surface area contributed by atoms with E-state index in [-0.39, 0.29) is 11.8 Å². The molecule has 0 aliphatic heterocycles. The minimum Gasteiger partial charge on any atom is -0.458 e. The Morgan fingerprint density at radius 2 is 2.05 bits per heavy atom. The molecule has 0 N–H and O–H groups in total. The molecule has 1 heterocycles. The zero-order chi connectivity index (χ0) is 15.6. The molecule has 0 aromatic carbocycles. The van der Waals surface area contributed by atoms with Gasteiger partial charge in [0, 0.05) is 16.9 Å². The van der Waals surface area contributed by atoms with Crippen LogP contribution in [0.3, 0.4) is 0 Å². The molecule has 0 amide bonds. The smallest absolute Gasteiger partial charge is 0.355 e. The minimum atomic E-state index is -4.10. The average Bonchev–Trinajstić information content (AvgIpc) is 2.96. The number of alkyl halides is 2. The third kappa shape index (κ3) is 4.16. The summed E-state index contributed by atoms with van der Waals surface area (Å²) in [6.45, 7) is -0.804. The number of esters is 1. The molecule has 1 aliphatic rings. The molecule has 0 unspecified atom stereocenters. The number of carbonyl (C=O) groups is 1. The Labute approximate surface area is 125 Å². The first kappa shape index (κ1) is 16.2. The van der Waals surface area contributed by atoms with Gasteiger partial charge in [0.2, 0.25) is 0 Å². The molecule has 0 saturated heterocycles. The third-order valence-electron chi connectivity index (χ3n) is 3.27. The molecule has 9 heteroatoms. The topological polar surface area (TPSA) is 65.4 Å². The first-order chi connectivity index (χ1) is 9.77. The number of rotatable bonds is 5. The first-order valence-electron chi connectivity index (χ1n) is 6.41. The average molecular weight is 342 g/mol. The summed E-state index contributed by atoms with van der Waals surface area (Å²) in [5, 5.41) is 0. The highest BCUT2D eigenvalue weighted by Crippen LogP contribution is 2.24. The molecule has 1 fully saturated rings. The van der Waals surface area contributed by atoms with Crippen molar-refractivity contribution in [2.24, 2.45) is 0 Å². The van der Waals surface area contributed by atoms with Crippen molar-refractivity contribution in [1.82, 2.24) is 4.57 Å². The fraction of sp³-hybridized carbons (Fsp3) is 0.583. The Kier molecular flexibility index (Phi) is 4.88. The van der Waals surface area contributed by atoms with Gasteiger partial charge in [-0.25, -0.2) is 22.0 Å². The second kappa shape index (κ2) is 6.31. The summed E-state index contributed by atoms with van der Waals surface area (Å²) in [6, 6.07) is 0.960. The van der Waals surface area contributed by atoms with Crippen LogP contribution >= 0.6 is 10.7 Å². The van der Waals surface area contributed by atoms with E-state index in [1.54, 1.807) is 0 Å². The van der Waals surface area contributed by atoms with E-state index in [4.69, 9.17) is 15.4 Å². The van der Waals surface area contributed by atoms with Gasteiger partial charge in [-0.15, -0.1) is 0 Å². The summed E-state index contributed by atoms with van der Waals surface area (Å²) >= 11 is 0. The van der Waals surface area contributed by atoms with Gasteiger partial charge in [-0.2, -0.15) is 0 Å². The largest absolute Gasteiger partial charge is 0.458 e. The van der Waals surface area contributed by atoms with Crippen LogP contribution in [0.4, 0.5) is 8.78 Å². The highest BCUT2D eigenvalue weighted by Gasteiger charge is 2.25. The fourth-order valence-corrected chi connectivity index (χ4v) is 3.06. The van der Waals surface area contributed by atoms with Crippen LogP contribution in [0.25, 0.3) is 0 Å². The molecule has 0 atom stereocenters. The second-order valence-corrected chi connectivity index (χ2v) is 7.42. The van der Waals surface area contributed by atoms with Crippen LogP contribution in [0, 0.1) is 0 Å². The molecule has 2 rings (SSSR count). The monoisotopic (exact) mass is 341 g/mol. The Hall–Kier alpha value is -1.15. The van der Waals surface area contributed by atoms with Crippen molar-refractivity contribution in [3.05, 3.63) is 18.0 Å². The van der Waals surface area contributed by atoms with Crippen molar-refractivity contribution in [2.45, 2.75) is 49.7 Å². The van der Waals surface area contributed by atoms with Gasteiger partial charge in [0.25, 0.3) is 15.5 Å². The zero-order valence-electron chi connectivity index (χ0n) is 11.0. The molecule has 0 radical (unpaired) electrons. The Morgan fingerprint density at radius 1 is 1.43 bits per heavy atom. The van der Waals surface area contributed by atoms with E-state index in [0.29, 0.717) is 0 Å². The Morgan fingerprint density at radius 3 is 2.57 bits per heavy atom. The van der Waals surface area contributed by atoms with Crippen molar-refractivity contribution >= 4 is 25.7 Å². The van der Waals surface area contributed by atoms with Crippen molar-refractivity contribution in [2.75, 3.05) is 0 Å². The number of ether oxygens (including phenoxy) is 1. The molecule has 21 heavy (non-hydrogen) atoms. The van der Waals surface area contributed by atoms with Crippen LogP contribution in [-0.2, 0) is 20.3 Å². The van der Waals surface area contributed by atoms with Crippen LogP contribution in [-0.4, -0.2) is 31.5 Å². The summed E-state index contributed by atoms with van der Waals surface area (Å²) in [7, 11) is 1.07. The summed E-state index contributed by atoms with van der Waals surface area (Å²) in [5.74, 6) is -0.811. The van der Waals surface area contributed by atoms with Gasteiger partial charge in [-0.1, -0.05) is 0 Å². The van der Waals surface area contributed by atoms with Gasteiger partial charge >= 0.3 is 5.97 Å². The van der Waals surface area contributed by atoms with Gasteiger partial charge in [0.15, 0.2) is 0 Å². The molecule has 1 aromatic rings. The minimum absolute atomic E-state index is 0.235. The zero-order valence-corrected chi connectivity index (χ0v) is 12.5. The van der Waals surface area contributed by atoms with Crippen LogP contribution in [0.1, 0.15) is 36.2 Å². The molecule has 5 nitrogen and oxygen atoms in total. The van der Waals surface area contributed by atoms with E-state index in [9.17, 15) is 22.0 Å². The van der Waals surface area contributed by atoms with Crippen LogP contribution in [0.5, 0.6) is 0 Å². The lowest BCUT2D eigenvalue weighted by molar-refractivity contribution is 0.0300. The van der Waals surface area contributed by atoms with Crippen molar-refractivity contribution in [1.29, 1.82) is 0 Å². The summed E-state index contributed by atoms with van der Waals surface area (Å²) in [6.07, 6.45) is 1.27. The highest BCUT2D eigenvalue weighted by molar-refractivity contribution is 8.13. The second-order valence-electron chi connectivity index (χ2n) is 4.85. The Balaban J connectivity index is 2.26.